The molecule has 0 saturated carbocycles. The Morgan fingerprint density at radius 3 is 2.60 bits per heavy atom. The number of nitrogens with zero attached hydrogens (tertiary/aromatic N) is 3. The van der Waals surface area contributed by atoms with Gasteiger partial charge in [0.1, 0.15) is 5.69 Å². The van der Waals surface area contributed by atoms with E-state index in [2.05, 4.69) is 15.2 Å². The molecule has 3 rings (SSSR count). The average molecular weight is 342 g/mol. The van der Waals surface area contributed by atoms with E-state index in [0.29, 0.717) is 23.7 Å². The minimum atomic E-state index is -0.393. The highest BCUT2D eigenvalue weighted by Crippen LogP contribution is 2.28. The van der Waals surface area contributed by atoms with E-state index in [1.54, 1.807) is 24.5 Å². The van der Waals surface area contributed by atoms with E-state index in [1.165, 1.54) is 11.8 Å². The van der Waals surface area contributed by atoms with Gasteiger partial charge in [-0.2, -0.15) is 0 Å². The Balaban J connectivity index is 1.57. The number of hydrogen-bond donors (Lipinski definition) is 2. The molecule has 25 heavy (non-hydrogen) atoms. The first-order valence-electron chi connectivity index (χ1n) is 8.44. The zero-order chi connectivity index (χ0) is 17.6. The summed E-state index contributed by atoms with van der Waals surface area (Å²) in [5.41, 5.74) is 2.38. The maximum atomic E-state index is 11.2. The number of aliphatic hydroxyl groups is 1. The molecule has 1 aliphatic rings. The van der Waals surface area contributed by atoms with E-state index < -0.39 is 4.92 Å². The van der Waals surface area contributed by atoms with Crippen molar-refractivity contribution in [3.8, 4) is 0 Å². The van der Waals surface area contributed by atoms with E-state index in [0.717, 1.165) is 25.9 Å². The summed E-state index contributed by atoms with van der Waals surface area (Å²) >= 11 is 0. The molecule has 0 unspecified atom stereocenters. The molecule has 7 heteroatoms. The molecular formula is C18H22N4O3. The standard InChI is InChI=1S/C18H22N4O3/c23-13-15-1-2-18(22(24)25)17(11-15)20-12-14-5-9-21(10-6-14)16-3-7-19-8-4-16/h1-4,7-8,11,14,20,23H,5-6,9-10,12-13H2. The zero-order valence-corrected chi connectivity index (χ0v) is 14.0. The lowest BCUT2D eigenvalue weighted by Crippen LogP contribution is -2.35. The quantitative estimate of drug-likeness (QED) is 0.619. The van der Waals surface area contributed by atoms with Crippen LogP contribution in [0.15, 0.2) is 42.7 Å². The van der Waals surface area contributed by atoms with Crippen LogP contribution in [-0.2, 0) is 6.61 Å². The summed E-state index contributed by atoms with van der Waals surface area (Å²) in [7, 11) is 0. The number of nitro groups is 1. The Bertz CT molecular complexity index is 716. The fourth-order valence-electron chi connectivity index (χ4n) is 3.19. The summed E-state index contributed by atoms with van der Waals surface area (Å²) < 4.78 is 0. The molecule has 2 aromatic rings. The molecule has 0 radical (unpaired) electrons. The normalized spacial score (nSPS) is 15.2. The van der Waals surface area contributed by atoms with Crippen LogP contribution in [0, 0.1) is 16.0 Å². The molecule has 132 valence electrons. The third-order valence-electron chi connectivity index (χ3n) is 4.66. The summed E-state index contributed by atoms with van der Waals surface area (Å²) in [5, 5.41) is 23.6. The Hall–Kier alpha value is -2.67. The van der Waals surface area contributed by atoms with E-state index in [1.807, 2.05) is 12.1 Å². The zero-order valence-electron chi connectivity index (χ0n) is 14.0. The van der Waals surface area contributed by atoms with Gasteiger partial charge in [0, 0.05) is 43.8 Å². The van der Waals surface area contributed by atoms with Crippen molar-refractivity contribution in [1.82, 2.24) is 4.98 Å². The van der Waals surface area contributed by atoms with Gasteiger partial charge < -0.3 is 15.3 Å². The second kappa shape index (κ2) is 7.94. The first-order chi connectivity index (χ1) is 12.2. The molecule has 2 heterocycles. The summed E-state index contributed by atoms with van der Waals surface area (Å²) in [6, 6.07) is 8.71. The van der Waals surface area contributed by atoms with Crippen LogP contribution in [-0.4, -0.2) is 34.6 Å². The molecule has 1 aromatic heterocycles. The number of anilines is 2. The number of piperidine rings is 1. The largest absolute Gasteiger partial charge is 0.392 e. The Morgan fingerprint density at radius 2 is 1.96 bits per heavy atom. The molecule has 1 fully saturated rings. The second-order valence-electron chi connectivity index (χ2n) is 6.28. The first-order valence-corrected chi connectivity index (χ1v) is 8.44. The number of nitrogens with one attached hydrogen (secondary N) is 1. The maximum absolute atomic E-state index is 11.2. The Kier molecular flexibility index (Phi) is 5.45. The fraction of sp³-hybridized carbons (Fsp3) is 0.389. The molecule has 0 aliphatic carbocycles. The number of aliphatic hydroxyl groups excluding tert-OH is 1. The third kappa shape index (κ3) is 4.24. The van der Waals surface area contributed by atoms with E-state index >= 15 is 0 Å². The van der Waals surface area contributed by atoms with Crippen LogP contribution in [0.4, 0.5) is 17.1 Å². The number of pyridine rings is 1. The second-order valence-corrected chi connectivity index (χ2v) is 6.28. The van der Waals surface area contributed by atoms with E-state index in [4.69, 9.17) is 0 Å². The first kappa shape index (κ1) is 17.2. The van der Waals surface area contributed by atoms with Crippen molar-refractivity contribution in [2.75, 3.05) is 29.9 Å². The number of nitro benzene ring substituents is 1. The molecule has 0 spiro atoms. The Labute approximate surface area is 146 Å². The van der Waals surface area contributed by atoms with Gasteiger partial charge in [-0.1, -0.05) is 0 Å². The fourth-order valence-corrected chi connectivity index (χ4v) is 3.19. The van der Waals surface area contributed by atoms with Crippen molar-refractivity contribution in [3.63, 3.8) is 0 Å². The summed E-state index contributed by atoms with van der Waals surface area (Å²) in [6.45, 7) is 2.50. The molecule has 7 nitrogen and oxygen atoms in total. The summed E-state index contributed by atoms with van der Waals surface area (Å²) in [5.74, 6) is 0.468. The number of aromatic nitrogens is 1. The maximum Gasteiger partial charge on any atom is 0.292 e. The monoisotopic (exact) mass is 342 g/mol. The topological polar surface area (TPSA) is 91.5 Å². The van der Waals surface area contributed by atoms with Gasteiger partial charge in [-0.15, -0.1) is 0 Å². The highest BCUT2D eigenvalue weighted by atomic mass is 16.6. The van der Waals surface area contributed by atoms with Gasteiger partial charge in [-0.05, 0) is 48.6 Å². The van der Waals surface area contributed by atoms with Crippen molar-refractivity contribution >= 4 is 17.1 Å². The lowest BCUT2D eigenvalue weighted by Gasteiger charge is -2.33. The number of hydrogen-bond acceptors (Lipinski definition) is 6. The molecule has 1 saturated heterocycles. The highest BCUT2D eigenvalue weighted by Gasteiger charge is 2.21. The molecule has 2 N–H and O–H groups in total. The predicted octanol–water partition coefficient (Wildman–Crippen LogP) is 2.81. The minimum Gasteiger partial charge on any atom is -0.392 e. The minimum absolute atomic E-state index is 0.0476. The molecular weight excluding hydrogens is 320 g/mol. The van der Waals surface area contributed by atoms with E-state index in [9.17, 15) is 15.2 Å². The molecule has 1 aromatic carbocycles. The van der Waals surface area contributed by atoms with Crippen LogP contribution in [0.25, 0.3) is 0 Å². The molecule has 0 atom stereocenters. The van der Waals surface area contributed by atoms with Crippen molar-refractivity contribution in [1.29, 1.82) is 0 Å². The van der Waals surface area contributed by atoms with Gasteiger partial charge >= 0.3 is 0 Å². The number of rotatable bonds is 6. The lowest BCUT2D eigenvalue weighted by molar-refractivity contribution is -0.384. The molecule has 1 aliphatic heterocycles. The van der Waals surface area contributed by atoms with E-state index in [-0.39, 0.29) is 12.3 Å². The van der Waals surface area contributed by atoms with Crippen molar-refractivity contribution in [2.45, 2.75) is 19.4 Å². The molecule has 0 amide bonds. The van der Waals surface area contributed by atoms with Gasteiger partial charge in [0.25, 0.3) is 5.69 Å². The van der Waals surface area contributed by atoms with Gasteiger partial charge in [-0.25, -0.2) is 0 Å². The third-order valence-corrected chi connectivity index (χ3v) is 4.66. The smallest absolute Gasteiger partial charge is 0.292 e. The number of benzene rings is 1. The van der Waals surface area contributed by atoms with Crippen LogP contribution in [0.5, 0.6) is 0 Å². The van der Waals surface area contributed by atoms with Crippen molar-refractivity contribution in [2.24, 2.45) is 5.92 Å². The predicted molar refractivity (Wildman–Crippen MR) is 96.7 cm³/mol. The van der Waals surface area contributed by atoms with Gasteiger partial charge in [0.15, 0.2) is 0 Å². The lowest BCUT2D eigenvalue weighted by atomic mass is 9.96. The van der Waals surface area contributed by atoms with Crippen molar-refractivity contribution in [3.05, 3.63) is 58.4 Å². The highest BCUT2D eigenvalue weighted by molar-refractivity contribution is 5.62. The van der Waals surface area contributed by atoms with Gasteiger partial charge in [-0.3, -0.25) is 15.1 Å². The molecule has 0 bridgehead atoms. The SMILES string of the molecule is O=[N+]([O-])c1ccc(CO)cc1NCC1CCN(c2ccncc2)CC1. The van der Waals surface area contributed by atoms with Crippen LogP contribution in [0.2, 0.25) is 0 Å². The van der Waals surface area contributed by atoms with Crippen LogP contribution in [0.3, 0.4) is 0 Å². The van der Waals surface area contributed by atoms with Crippen molar-refractivity contribution < 1.29 is 10.0 Å². The average Bonchev–Trinajstić information content (AvgIpc) is 2.67. The van der Waals surface area contributed by atoms with Gasteiger partial charge in [0.05, 0.1) is 11.5 Å². The van der Waals surface area contributed by atoms with Crippen LogP contribution in [0.1, 0.15) is 18.4 Å². The Morgan fingerprint density at radius 1 is 1.24 bits per heavy atom. The van der Waals surface area contributed by atoms with Gasteiger partial charge in [0.2, 0.25) is 0 Å². The van der Waals surface area contributed by atoms with Crippen LogP contribution >= 0.6 is 0 Å². The van der Waals surface area contributed by atoms with Crippen LogP contribution < -0.4 is 10.2 Å². The summed E-state index contributed by atoms with van der Waals surface area (Å²) in [6.07, 6.45) is 5.66. The summed E-state index contributed by atoms with van der Waals surface area (Å²) in [4.78, 5) is 17.2.